The first-order valence-electron chi connectivity index (χ1n) is 6.51. The summed E-state index contributed by atoms with van der Waals surface area (Å²) in [5.74, 6) is -1.91. The number of amides is 2. The van der Waals surface area contributed by atoms with Gasteiger partial charge in [-0.05, 0) is 37.5 Å². The number of halogens is 1. The van der Waals surface area contributed by atoms with Crippen LogP contribution in [-0.4, -0.2) is 35.0 Å². The van der Waals surface area contributed by atoms with E-state index in [1.54, 1.807) is 24.3 Å². The summed E-state index contributed by atoms with van der Waals surface area (Å²) in [6.45, 7) is -0.250. The number of carboxylic acid groups (broad SMARTS) is 1. The Labute approximate surface area is 130 Å². The zero-order valence-electron chi connectivity index (χ0n) is 11.2. The number of aliphatic carboxylic acids is 1. The maximum absolute atomic E-state index is 11.9. The molecule has 6 nitrogen and oxygen atoms in total. The lowest BCUT2D eigenvalue weighted by Crippen LogP contribution is -2.60. The molecular weight excluding hydrogens is 340 g/mol. The Bertz CT molecular complexity index is 584. The van der Waals surface area contributed by atoms with Crippen molar-refractivity contribution in [2.24, 2.45) is 0 Å². The molecule has 2 rings (SSSR count). The minimum absolute atomic E-state index is 0.250. The van der Waals surface area contributed by atoms with Crippen molar-refractivity contribution in [3.63, 3.8) is 0 Å². The SMILES string of the molecule is O=C(CNC(=O)c1cccc(Br)c1)NC1(C(=O)O)CCC1. The van der Waals surface area contributed by atoms with Crippen LogP contribution in [0.1, 0.15) is 29.6 Å². The van der Waals surface area contributed by atoms with Gasteiger partial charge in [0.05, 0.1) is 6.54 Å². The van der Waals surface area contributed by atoms with Crippen molar-refractivity contribution >= 4 is 33.7 Å². The van der Waals surface area contributed by atoms with E-state index in [4.69, 9.17) is 5.11 Å². The van der Waals surface area contributed by atoms with E-state index in [1.165, 1.54) is 0 Å². The van der Waals surface area contributed by atoms with Crippen LogP contribution in [0.5, 0.6) is 0 Å². The minimum Gasteiger partial charge on any atom is -0.480 e. The summed E-state index contributed by atoms with van der Waals surface area (Å²) in [6.07, 6.45) is 1.62. The molecule has 3 N–H and O–H groups in total. The van der Waals surface area contributed by atoms with Gasteiger partial charge >= 0.3 is 5.97 Å². The monoisotopic (exact) mass is 354 g/mol. The van der Waals surface area contributed by atoms with Gasteiger partial charge in [0.1, 0.15) is 5.54 Å². The molecule has 112 valence electrons. The molecule has 1 saturated carbocycles. The maximum Gasteiger partial charge on any atom is 0.329 e. The van der Waals surface area contributed by atoms with E-state index in [2.05, 4.69) is 26.6 Å². The quantitative estimate of drug-likeness (QED) is 0.742. The highest BCUT2D eigenvalue weighted by Gasteiger charge is 2.45. The molecule has 0 radical (unpaired) electrons. The van der Waals surface area contributed by atoms with E-state index >= 15 is 0 Å². The third-order valence-electron chi connectivity index (χ3n) is 3.49. The molecule has 0 atom stereocenters. The molecule has 21 heavy (non-hydrogen) atoms. The van der Waals surface area contributed by atoms with Gasteiger partial charge in [-0.2, -0.15) is 0 Å². The van der Waals surface area contributed by atoms with Crippen molar-refractivity contribution in [2.75, 3.05) is 6.54 Å². The lowest BCUT2D eigenvalue weighted by atomic mass is 9.77. The van der Waals surface area contributed by atoms with Gasteiger partial charge in [-0.15, -0.1) is 0 Å². The molecule has 0 unspecified atom stereocenters. The molecule has 0 saturated heterocycles. The largest absolute Gasteiger partial charge is 0.480 e. The van der Waals surface area contributed by atoms with Gasteiger partial charge in [0.25, 0.3) is 5.91 Å². The number of hydrogen-bond acceptors (Lipinski definition) is 3. The predicted molar refractivity (Wildman–Crippen MR) is 78.8 cm³/mol. The van der Waals surface area contributed by atoms with Crippen LogP contribution < -0.4 is 10.6 Å². The number of nitrogens with one attached hydrogen (secondary N) is 2. The number of carboxylic acids is 1. The molecule has 7 heteroatoms. The van der Waals surface area contributed by atoms with Gasteiger partial charge in [0, 0.05) is 10.0 Å². The highest BCUT2D eigenvalue weighted by atomic mass is 79.9. The first-order valence-corrected chi connectivity index (χ1v) is 7.30. The van der Waals surface area contributed by atoms with Gasteiger partial charge in [-0.1, -0.05) is 22.0 Å². The second kappa shape index (κ2) is 6.26. The Hall–Kier alpha value is -1.89. The zero-order chi connectivity index (χ0) is 15.5. The zero-order valence-corrected chi connectivity index (χ0v) is 12.8. The van der Waals surface area contributed by atoms with E-state index in [-0.39, 0.29) is 12.5 Å². The van der Waals surface area contributed by atoms with Crippen LogP contribution in [0.15, 0.2) is 28.7 Å². The highest BCUT2D eigenvalue weighted by Crippen LogP contribution is 2.31. The molecular formula is C14H15BrN2O4. The second-order valence-corrected chi connectivity index (χ2v) is 5.90. The molecule has 1 aliphatic rings. The van der Waals surface area contributed by atoms with Crippen molar-refractivity contribution in [3.05, 3.63) is 34.3 Å². The summed E-state index contributed by atoms with van der Waals surface area (Å²) in [5, 5.41) is 14.1. The molecule has 1 aromatic rings. The summed E-state index contributed by atoms with van der Waals surface area (Å²) in [4.78, 5) is 34.7. The fourth-order valence-corrected chi connectivity index (χ4v) is 2.53. The normalized spacial score (nSPS) is 15.7. The van der Waals surface area contributed by atoms with Crippen LogP contribution in [0.4, 0.5) is 0 Å². The number of carbonyl (C=O) groups excluding carboxylic acids is 2. The van der Waals surface area contributed by atoms with Crippen LogP contribution in [0, 0.1) is 0 Å². The number of benzene rings is 1. The van der Waals surface area contributed by atoms with Crippen molar-refractivity contribution in [1.82, 2.24) is 10.6 Å². The Morgan fingerprint density at radius 1 is 1.29 bits per heavy atom. The van der Waals surface area contributed by atoms with Crippen molar-refractivity contribution < 1.29 is 19.5 Å². The summed E-state index contributed by atoms with van der Waals surface area (Å²) in [5.41, 5.74) is -0.730. The van der Waals surface area contributed by atoms with Crippen LogP contribution in [0.3, 0.4) is 0 Å². The number of carbonyl (C=O) groups is 3. The average Bonchev–Trinajstić information content (AvgIpc) is 2.39. The smallest absolute Gasteiger partial charge is 0.329 e. The predicted octanol–water partition coefficient (Wildman–Crippen LogP) is 1.30. The standard InChI is InChI=1S/C14H15BrN2O4/c15-10-4-1-3-9(7-10)12(19)16-8-11(18)17-14(13(20)21)5-2-6-14/h1,3-4,7H,2,5-6,8H2,(H,16,19)(H,17,18)(H,20,21). The van der Waals surface area contributed by atoms with E-state index in [0.717, 1.165) is 10.9 Å². The van der Waals surface area contributed by atoms with Gasteiger partial charge in [-0.3, -0.25) is 9.59 Å². The fourth-order valence-electron chi connectivity index (χ4n) is 2.13. The van der Waals surface area contributed by atoms with Crippen LogP contribution >= 0.6 is 15.9 Å². The molecule has 0 bridgehead atoms. The van der Waals surface area contributed by atoms with Crippen LogP contribution in [0.2, 0.25) is 0 Å². The van der Waals surface area contributed by atoms with Gasteiger partial charge in [-0.25, -0.2) is 4.79 Å². The number of rotatable bonds is 5. The average molecular weight is 355 g/mol. The fraction of sp³-hybridized carbons (Fsp3) is 0.357. The first kappa shape index (κ1) is 15.5. The minimum atomic E-state index is -1.16. The van der Waals surface area contributed by atoms with Crippen molar-refractivity contribution in [2.45, 2.75) is 24.8 Å². The van der Waals surface area contributed by atoms with Crippen molar-refractivity contribution in [1.29, 1.82) is 0 Å². The lowest BCUT2D eigenvalue weighted by molar-refractivity contribution is -0.151. The number of hydrogen-bond donors (Lipinski definition) is 3. The molecule has 1 fully saturated rings. The highest BCUT2D eigenvalue weighted by molar-refractivity contribution is 9.10. The second-order valence-electron chi connectivity index (χ2n) is 4.98. The maximum atomic E-state index is 11.9. The molecule has 1 aliphatic carbocycles. The summed E-state index contributed by atoms with van der Waals surface area (Å²) < 4.78 is 0.763. The first-order chi connectivity index (χ1) is 9.93. The molecule has 2 amide bonds. The Morgan fingerprint density at radius 2 is 2.00 bits per heavy atom. The van der Waals surface area contributed by atoms with Crippen LogP contribution in [0.25, 0.3) is 0 Å². The van der Waals surface area contributed by atoms with Gasteiger partial charge < -0.3 is 15.7 Å². The summed E-state index contributed by atoms with van der Waals surface area (Å²) in [7, 11) is 0. The topological polar surface area (TPSA) is 95.5 Å². The molecule has 0 spiro atoms. The third kappa shape index (κ3) is 3.60. The Kier molecular flexibility index (Phi) is 4.62. The van der Waals surface area contributed by atoms with E-state index < -0.39 is 17.4 Å². The Balaban J connectivity index is 1.87. The van der Waals surface area contributed by atoms with Crippen LogP contribution in [-0.2, 0) is 9.59 Å². The van der Waals surface area contributed by atoms with E-state index in [9.17, 15) is 14.4 Å². The lowest BCUT2D eigenvalue weighted by Gasteiger charge is -2.38. The van der Waals surface area contributed by atoms with E-state index in [1.807, 2.05) is 0 Å². The van der Waals surface area contributed by atoms with E-state index in [0.29, 0.717) is 18.4 Å². The van der Waals surface area contributed by atoms with Gasteiger partial charge in [0.2, 0.25) is 5.91 Å². The Morgan fingerprint density at radius 3 is 2.52 bits per heavy atom. The molecule has 1 aromatic carbocycles. The summed E-state index contributed by atoms with van der Waals surface area (Å²) >= 11 is 3.26. The molecule has 0 aliphatic heterocycles. The van der Waals surface area contributed by atoms with Gasteiger partial charge in [0.15, 0.2) is 0 Å². The summed E-state index contributed by atoms with van der Waals surface area (Å²) in [6, 6.07) is 6.77. The van der Waals surface area contributed by atoms with Crippen molar-refractivity contribution in [3.8, 4) is 0 Å². The molecule has 0 heterocycles. The molecule has 0 aromatic heterocycles. The third-order valence-corrected chi connectivity index (χ3v) is 3.98.